The maximum atomic E-state index is 5.61. The zero-order valence-corrected chi connectivity index (χ0v) is 8.38. The molecule has 2 nitrogen and oxygen atoms in total. The molecule has 13 heavy (non-hydrogen) atoms. The van der Waals surface area contributed by atoms with Gasteiger partial charge in [-0.15, -0.1) is 0 Å². The van der Waals surface area contributed by atoms with Crippen LogP contribution in [0.5, 0.6) is 0 Å². The fourth-order valence-electron chi connectivity index (χ4n) is 1.88. The maximum absolute atomic E-state index is 5.61. The van der Waals surface area contributed by atoms with Gasteiger partial charge in [0.15, 0.2) is 0 Å². The first-order valence-electron chi connectivity index (χ1n) is 5.48. The third-order valence-electron chi connectivity index (χ3n) is 2.75. The normalized spacial score (nSPS) is 23.9. The highest BCUT2D eigenvalue weighted by Crippen LogP contribution is 2.37. The minimum absolute atomic E-state index is 0.530. The molecule has 1 heterocycles. The van der Waals surface area contributed by atoms with Gasteiger partial charge < -0.3 is 10.1 Å². The molecule has 1 aliphatic heterocycles. The van der Waals surface area contributed by atoms with E-state index in [1.165, 1.54) is 25.0 Å². The van der Waals surface area contributed by atoms with Crippen molar-refractivity contribution in [2.45, 2.75) is 38.6 Å². The number of hydrogen-bond donors (Lipinski definition) is 1. The van der Waals surface area contributed by atoms with Crippen molar-refractivity contribution in [2.75, 3.05) is 13.2 Å². The summed E-state index contributed by atoms with van der Waals surface area (Å²) in [5.41, 5.74) is 0. The molecule has 0 aromatic rings. The summed E-state index contributed by atoms with van der Waals surface area (Å²) in [4.78, 5) is 0. The zero-order valence-electron chi connectivity index (χ0n) is 8.38. The Morgan fingerprint density at radius 1 is 1.62 bits per heavy atom. The zero-order chi connectivity index (χ0) is 9.10. The van der Waals surface area contributed by atoms with Gasteiger partial charge in [-0.05, 0) is 37.8 Å². The lowest BCUT2D eigenvalue weighted by atomic mass is 10.1. The largest absolute Gasteiger partial charge is 0.496 e. The SMILES string of the molecule is CCCNC(C1=CCCO1)C1CC1. The van der Waals surface area contributed by atoms with Crippen molar-refractivity contribution in [3.8, 4) is 0 Å². The second-order valence-corrected chi connectivity index (χ2v) is 4.01. The van der Waals surface area contributed by atoms with Gasteiger partial charge in [-0.3, -0.25) is 0 Å². The summed E-state index contributed by atoms with van der Waals surface area (Å²) in [5.74, 6) is 2.08. The van der Waals surface area contributed by atoms with Gasteiger partial charge in [0.05, 0.1) is 12.6 Å². The predicted octanol–water partition coefficient (Wildman–Crippen LogP) is 2.07. The molecule has 2 heteroatoms. The molecule has 0 saturated heterocycles. The third-order valence-corrected chi connectivity index (χ3v) is 2.75. The van der Waals surface area contributed by atoms with Gasteiger partial charge in [0, 0.05) is 6.42 Å². The lowest BCUT2D eigenvalue weighted by Gasteiger charge is -2.18. The molecular weight excluding hydrogens is 162 g/mol. The van der Waals surface area contributed by atoms with Crippen LogP contribution >= 0.6 is 0 Å². The van der Waals surface area contributed by atoms with E-state index in [9.17, 15) is 0 Å². The highest BCUT2D eigenvalue weighted by atomic mass is 16.5. The molecule has 1 fully saturated rings. The van der Waals surface area contributed by atoms with Crippen LogP contribution in [0.25, 0.3) is 0 Å². The van der Waals surface area contributed by atoms with E-state index in [1.54, 1.807) is 0 Å². The molecule has 0 radical (unpaired) electrons. The summed E-state index contributed by atoms with van der Waals surface area (Å²) < 4.78 is 5.61. The van der Waals surface area contributed by atoms with Gasteiger partial charge in [-0.1, -0.05) is 6.92 Å². The second kappa shape index (κ2) is 4.14. The summed E-state index contributed by atoms with van der Waals surface area (Å²) in [6, 6.07) is 0.530. The molecule has 1 atom stereocenters. The molecular formula is C11H19NO. The first-order valence-corrected chi connectivity index (χ1v) is 5.48. The Morgan fingerprint density at radius 2 is 2.46 bits per heavy atom. The minimum atomic E-state index is 0.530. The summed E-state index contributed by atoms with van der Waals surface area (Å²) in [5, 5.41) is 3.58. The number of hydrogen-bond acceptors (Lipinski definition) is 2. The van der Waals surface area contributed by atoms with Crippen LogP contribution in [-0.2, 0) is 4.74 Å². The molecule has 0 amide bonds. The number of nitrogens with one attached hydrogen (secondary N) is 1. The van der Waals surface area contributed by atoms with Crippen LogP contribution in [0.4, 0.5) is 0 Å². The molecule has 0 spiro atoms. The van der Waals surface area contributed by atoms with E-state index in [1.807, 2.05) is 0 Å². The van der Waals surface area contributed by atoms with Crippen molar-refractivity contribution in [2.24, 2.45) is 5.92 Å². The highest BCUT2D eigenvalue weighted by Gasteiger charge is 2.34. The van der Waals surface area contributed by atoms with Crippen molar-refractivity contribution in [1.82, 2.24) is 5.32 Å². The first kappa shape index (κ1) is 9.07. The molecule has 0 bridgehead atoms. The fourth-order valence-corrected chi connectivity index (χ4v) is 1.88. The van der Waals surface area contributed by atoms with Gasteiger partial charge >= 0.3 is 0 Å². The Kier molecular flexibility index (Phi) is 2.89. The summed E-state index contributed by atoms with van der Waals surface area (Å²) in [6.45, 7) is 4.22. The van der Waals surface area contributed by atoms with Crippen molar-refractivity contribution in [3.05, 3.63) is 11.8 Å². The van der Waals surface area contributed by atoms with Gasteiger partial charge in [-0.2, -0.15) is 0 Å². The van der Waals surface area contributed by atoms with Crippen LogP contribution in [0.3, 0.4) is 0 Å². The summed E-state index contributed by atoms with van der Waals surface area (Å²) >= 11 is 0. The summed E-state index contributed by atoms with van der Waals surface area (Å²) in [7, 11) is 0. The smallest absolute Gasteiger partial charge is 0.109 e. The standard InChI is InChI=1S/C11H19NO/c1-2-7-12-11(9-5-6-9)10-4-3-8-13-10/h4,9,11-12H,2-3,5-8H2,1H3. The van der Waals surface area contributed by atoms with Gasteiger partial charge in [0.1, 0.15) is 5.76 Å². The average molecular weight is 181 g/mol. The van der Waals surface area contributed by atoms with E-state index >= 15 is 0 Å². The Labute approximate surface area is 80.4 Å². The van der Waals surface area contributed by atoms with E-state index in [0.717, 1.165) is 25.5 Å². The van der Waals surface area contributed by atoms with E-state index in [-0.39, 0.29) is 0 Å². The van der Waals surface area contributed by atoms with E-state index in [4.69, 9.17) is 4.74 Å². The Balaban J connectivity index is 1.88. The molecule has 2 rings (SSSR count). The minimum Gasteiger partial charge on any atom is -0.496 e. The van der Waals surface area contributed by atoms with Crippen LogP contribution in [0.2, 0.25) is 0 Å². The topological polar surface area (TPSA) is 21.3 Å². The maximum Gasteiger partial charge on any atom is 0.109 e. The van der Waals surface area contributed by atoms with Crippen molar-refractivity contribution in [3.63, 3.8) is 0 Å². The summed E-state index contributed by atoms with van der Waals surface area (Å²) in [6.07, 6.45) is 7.32. The van der Waals surface area contributed by atoms with Crippen LogP contribution in [0.1, 0.15) is 32.6 Å². The Hall–Kier alpha value is -0.500. The average Bonchev–Trinajstić information content (AvgIpc) is 2.82. The van der Waals surface area contributed by atoms with Crippen LogP contribution in [-0.4, -0.2) is 19.2 Å². The molecule has 1 saturated carbocycles. The monoisotopic (exact) mass is 181 g/mol. The Morgan fingerprint density at radius 3 is 3.00 bits per heavy atom. The van der Waals surface area contributed by atoms with Gasteiger partial charge in [0.2, 0.25) is 0 Å². The molecule has 2 aliphatic rings. The van der Waals surface area contributed by atoms with E-state index < -0.39 is 0 Å². The van der Waals surface area contributed by atoms with Crippen LogP contribution in [0, 0.1) is 5.92 Å². The van der Waals surface area contributed by atoms with E-state index in [0.29, 0.717) is 6.04 Å². The highest BCUT2D eigenvalue weighted by molar-refractivity contribution is 5.11. The van der Waals surface area contributed by atoms with Gasteiger partial charge in [0.25, 0.3) is 0 Å². The van der Waals surface area contributed by atoms with Crippen molar-refractivity contribution in [1.29, 1.82) is 0 Å². The van der Waals surface area contributed by atoms with Crippen molar-refractivity contribution < 1.29 is 4.74 Å². The van der Waals surface area contributed by atoms with Crippen molar-refractivity contribution >= 4 is 0 Å². The van der Waals surface area contributed by atoms with E-state index in [2.05, 4.69) is 18.3 Å². The predicted molar refractivity (Wildman–Crippen MR) is 53.5 cm³/mol. The lowest BCUT2D eigenvalue weighted by Crippen LogP contribution is -2.33. The molecule has 74 valence electrons. The molecule has 1 N–H and O–H groups in total. The quantitative estimate of drug-likeness (QED) is 0.701. The molecule has 1 aliphatic carbocycles. The van der Waals surface area contributed by atoms with Crippen LogP contribution < -0.4 is 5.32 Å². The molecule has 0 aromatic carbocycles. The Bertz CT molecular complexity index is 196. The fraction of sp³-hybridized carbons (Fsp3) is 0.818. The number of ether oxygens (including phenoxy) is 1. The van der Waals surface area contributed by atoms with Crippen LogP contribution in [0.15, 0.2) is 11.8 Å². The third kappa shape index (κ3) is 2.25. The first-order chi connectivity index (χ1) is 6.42. The van der Waals surface area contributed by atoms with Gasteiger partial charge in [-0.25, -0.2) is 0 Å². The molecule has 0 aromatic heterocycles. The lowest BCUT2D eigenvalue weighted by molar-refractivity contribution is 0.208. The molecule has 1 unspecified atom stereocenters. The second-order valence-electron chi connectivity index (χ2n) is 4.01. The number of rotatable bonds is 5.